The molecule has 0 aliphatic rings. The lowest BCUT2D eigenvalue weighted by atomic mass is 10.1. The monoisotopic (exact) mass is 392 g/mol. The number of carbonyl (C=O) groups excluding carboxylic acids is 1. The number of pyridine rings is 1. The second-order valence-electron chi connectivity index (χ2n) is 6.85. The van der Waals surface area contributed by atoms with Crippen LogP contribution in [0.25, 0.3) is 28.5 Å². The van der Waals surface area contributed by atoms with Crippen LogP contribution in [0.5, 0.6) is 0 Å². The predicted octanol–water partition coefficient (Wildman–Crippen LogP) is 2.68. The lowest BCUT2D eigenvalue weighted by Crippen LogP contribution is -2.13. The summed E-state index contributed by atoms with van der Waals surface area (Å²) < 4.78 is 7.32. The minimum atomic E-state index is -0.592. The van der Waals surface area contributed by atoms with Crippen LogP contribution in [0.15, 0.2) is 41.4 Å². The van der Waals surface area contributed by atoms with Crippen molar-refractivity contribution in [2.24, 2.45) is 0 Å². The van der Waals surface area contributed by atoms with Gasteiger partial charge in [0.05, 0.1) is 12.3 Å². The minimum absolute atomic E-state index is 0.00238. The van der Waals surface area contributed by atoms with Crippen LogP contribution in [0, 0.1) is 6.92 Å². The molecule has 1 atom stereocenters. The fourth-order valence-electron chi connectivity index (χ4n) is 3.05. The van der Waals surface area contributed by atoms with E-state index in [1.807, 2.05) is 29.7 Å². The van der Waals surface area contributed by atoms with E-state index in [2.05, 4.69) is 19.9 Å². The molecule has 4 rings (SSSR count). The van der Waals surface area contributed by atoms with E-state index in [4.69, 9.17) is 10.2 Å². The van der Waals surface area contributed by atoms with Gasteiger partial charge in [0.1, 0.15) is 23.3 Å². The molecule has 9 heteroatoms. The topological polar surface area (TPSA) is 132 Å². The Bertz CT molecular complexity index is 1180. The maximum absolute atomic E-state index is 12.6. The highest BCUT2D eigenvalue weighted by atomic mass is 16.3. The number of nitrogen functional groups attached to an aromatic ring is 1. The molecule has 1 unspecified atom stereocenters. The van der Waals surface area contributed by atoms with Gasteiger partial charge in [0, 0.05) is 30.1 Å². The second-order valence-corrected chi connectivity index (χ2v) is 6.85. The predicted molar refractivity (Wildman–Crippen MR) is 106 cm³/mol. The maximum atomic E-state index is 12.6. The average molecular weight is 392 g/mol. The van der Waals surface area contributed by atoms with Crippen molar-refractivity contribution < 1.29 is 14.3 Å². The Kier molecular flexibility index (Phi) is 4.81. The molecule has 0 saturated heterocycles. The third kappa shape index (κ3) is 3.59. The molecule has 9 nitrogen and oxygen atoms in total. The zero-order valence-corrected chi connectivity index (χ0v) is 16.0. The maximum Gasteiger partial charge on any atom is 0.247 e. The molecule has 0 fully saturated rings. The molecule has 4 heterocycles. The van der Waals surface area contributed by atoms with Gasteiger partial charge in [0.15, 0.2) is 17.3 Å². The van der Waals surface area contributed by atoms with Crippen LogP contribution in [-0.2, 0) is 0 Å². The second kappa shape index (κ2) is 7.44. The number of fused-ring (bicyclic) bond motifs is 1. The van der Waals surface area contributed by atoms with Crippen LogP contribution in [0.2, 0.25) is 0 Å². The Morgan fingerprint density at radius 2 is 2.10 bits per heavy atom. The summed E-state index contributed by atoms with van der Waals surface area (Å²) in [6.45, 7) is 3.57. The summed E-state index contributed by atoms with van der Waals surface area (Å²) in [6.07, 6.45) is 6.42. The number of nitrogens with zero attached hydrogens (tertiary/aromatic N) is 5. The minimum Gasteiger partial charge on any atom is -0.443 e. The molecule has 0 spiro atoms. The summed E-state index contributed by atoms with van der Waals surface area (Å²) in [5, 5.41) is 9.48. The first-order valence-electron chi connectivity index (χ1n) is 9.16. The molecule has 0 bridgehead atoms. The van der Waals surface area contributed by atoms with Crippen molar-refractivity contribution in [3.8, 4) is 22.8 Å². The van der Waals surface area contributed by atoms with Crippen LogP contribution in [-0.4, -0.2) is 41.3 Å². The quantitative estimate of drug-likeness (QED) is 0.479. The van der Waals surface area contributed by atoms with Crippen molar-refractivity contribution in [2.75, 3.05) is 5.73 Å². The van der Waals surface area contributed by atoms with Gasteiger partial charge >= 0.3 is 0 Å². The highest BCUT2D eigenvalue weighted by molar-refractivity contribution is 5.99. The highest BCUT2D eigenvalue weighted by Gasteiger charge is 2.22. The number of nitrogens with two attached hydrogens (primary N) is 1. The van der Waals surface area contributed by atoms with Gasteiger partial charge < -0.3 is 19.7 Å². The summed E-state index contributed by atoms with van der Waals surface area (Å²) in [7, 11) is 0. The summed E-state index contributed by atoms with van der Waals surface area (Å²) in [6, 6.07) is 3.70. The van der Waals surface area contributed by atoms with Crippen molar-refractivity contribution in [1.82, 2.24) is 24.3 Å². The van der Waals surface area contributed by atoms with Gasteiger partial charge in [-0.2, -0.15) is 0 Å². The van der Waals surface area contributed by atoms with E-state index in [0.29, 0.717) is 23.4 Å². The molecule has 4 aromatic rings. The third-order valence-corrected chi connectivity index (χ3v) is 4.58. The number of Topliss-reactive ketones (excluding diaryl/α,β-unsaturated/α-hetero) is 1. The number of imidazole rings is 1. The van der Waals surface area contributed by atoms with Crippen LogP contribution < -0.4 is 5.73 Å². The van der Waals surface area contributed by atoms with Gasteiger partial charge in [-0.25, -0.2) is 19.9 Å². The number of aromatic nitrogens is 5. The van der Waals surface area contributed by atoms with E-state index in [0.717, 1.165) is 11.3 Å². The van der Waals surface area contributed by atoms with Crippen LogP contribution in [0.1, 0.15) is 35.9 Å². The number of aryl methyl sites for hydroxylation is 1. The number of aliphatic hydroxyl groups is 1. The van der Waals surface area contributed by atoms with E-state index >= 15 is 0 Å². The molecule has 0 aliphatic carbocycles. The SMILES string of the molecule is Cc1cnc2ccc(-c3nc(C(=O)CCC(C)O)c(N)nc3-c3ncco3)cn12. The number of hydrogen-bond acceptors (Lipinski definition) is 8. The summed E-state index contributed by atoms with van der Waals surface area (Å²) in [5.41, 5.74) is 9.34. The van der Waals surface area contributed by atoms with Crippen molar-refractivity contribution in [1.29, 1.82) is 0 Å². The van der Waals surface area contributed by atoms with Crippen LogP contribution >= 0.6 is 0 Å². The molecule has 4 aromatic heterocycles. The van der Waals surface area contributed by atoms with E-state index < -0.39 is 6.10 Å². The van der Waals surface area contributed by atoms with Crippen molar-refractivity contribution >= 4 is 17.2 Å². The first-order chi connectivity index (χ1) is 13.9. The fourth-order valence-corrected chi connectivity index (χ4v) is 3.05. The molecule has 3 N–H and O–H groups in total. The van der Waals surface area contributed by atoms with Crippen LogP contribution in [0.3, 0.4) is 0 Å². The first-order valence-corrected chi connectivity index (χ1v) is 9.16. The van der Waals surface area contributed by atoms with E-state index in [9.17, 15) is 9.90 Å². The Hall–Kier alpha value is -3.59. The van der Waals surface area contributed by atoms with Gasteiger partial charge in [-0.3, -0.25) is 4.79 Å². The van der Waals surface area contributed by atoms with Crippen molar-refractivity contribution in [2.45, 2.75) is 32.8 Å². The lowest BCUT2D eigenvalue weighted by Gasteiger charge is -2.11. The third-order valence-electron chi connectivity index (χ3n) is 4.58. The van der Waals surface area contributed by atoms with Gasteiger partial charge in [-0.1, -0.05) is 0 Å². The summed E-state index contributed by atoms with van der Waals surface area (Å²) >= 11 is 0. The van der Waals surface area contributed by atoms with Crippen LogP contribution in [0.4, 0.5) is 5.82 Å². The molecule has 0 aliphatic heterocycles. The lowest BCUT2D eigenvalue weighted by molar-refractivity contribution is 0.0945. The number of oxazole rings is 1. The molecule has 0 radical (unpaired) electrons. The average Bonchev–Trinajstić information content (AvgIpc) is 3.36. The van der Waals surface area contributed by atoms with Gasteiger partial charge in [0.25, 0.3) is 0 Å². The number of carbonyl (C=O) groups is 1. The Morgan fingerprint density at radius 1 is 1.28 bits per heavy atom. The summed E-state index contributed by atoms with van der Waals surface area (Å²) in [5.74, 6) is -0.0296. The molecular formula is C20H20N6O3. The molecule has 148 valence electrons. The van der Waals surface area contributed by atoms with Crippen molar-refractivity contribution in [3.05, 3.63) is 48.4 Å². The van der Waals surface area contributed by atoms with Gasteiger partial charge in [-0.15, -0.1) is 0 Å². The smallest absolute Gasteiger partial charge is 0.247 e. The Balaban J connectivity index is 1.87. The molecule has 0 amide bonds. The normalized spacial score (nSPS) is 12.4. The number of rotatable bonds is 6. The first kappa shape index (κ1) is 18.8. The van der Waals surface area contributed by atoms with E-state index in [1.54, 1.807) is 13.1 Å². The van der Waals surface area contributed by atoms with E-state index in [-0.39, 0.29) is 29.6 Å². The van der Waals surface area contributed by atoms with Gasteiger partial charge in [0.2, 0.25) is 5.89 Å². The largest absolute Gasteiger partial charge is 0.443 e. The zero-order valence-electron chi connectivity index (χ0n) is 16.0. The fraction of sp³-hybridized carbons (Fsp3) is 0.250. The number of ketones is 1. The highest BCUT2D eigenvalue weighted by Crippen LogP contribution is 2.30. The standard InChI is InChI=1S/C20H20N6O3/c1-11-9-23-15-6-4-13(10-26(11)15)16-18(20-22-7-8-29-20)25-19(21)17(24-16)14(28)5-3-12(2)27/h4,6-10,12,27H,3,5H2,1-2H3,(H2,21,25). The van der Waals surface area contributed by atoms with E-state index in [1.165, 1.54) is 12.5 Å². The number of aliphatic hydroxyl groups excluding tert-OH is 1. The molecular weight excluding hydrogens is 372 g/mol. The molecule has 0 aromatic carbocycles. The van der Waals surface area contributed by atoms with Gasteiger partial charge in [-0.05, 0) is 32.4 Å². The number of anilines is 1. The Labute approximate surface area is 166 Å². The summed E-state index contributed by atoms with van der Waals surface area (Å²) in [4.78, 5) is 30.0. The number of hydrogen-bond donors (Lipinski definition) is 2. The Morgan fingerprint density at radius 3 is 2.83 bits per heavy atom. The molecule has 29 heavy (non-hydrogen) atoms. The van der Waals surface area contributed by atoms with Crippen molar-refractivity contribution in [3.63, 3.8) is 0 Å². The zero-order chi connectivity index (χ0) is 20.5. The molecule has 0 saturated carbocycles.